The molecular weight excluding hydrogens is 226 g/mol. The molecule has 0 aliphatic heterocycles. The fourth-order valence-corrected chi connectivity index (χ4v) is 2.75. The van der Waals surface area contributed by atoms with Crippen LogP contribution in [0.1, 0.15) is 24.8 Å². The van der Waals surface area contributed by atoms with Gasteiger partial charge < -0.3 is 15.0 Å². The number of hydrogen-bond donors (Lipinski definition) is 2. The molecule has 96 valence electrons. The summed E-state index contributed by atoms with van der Waals surface area (Å²) in [7, 11) is 1.80. The second kappa shape index (κ2) is 5.08. The first-order valence-electron chi connectivity index (χ1n) is 6.54. The summed E-state index contributed by atoms with van der Waals surface area (Å²) in [6, 6.07) is 4.68. The maximum Gasteiger partial charge on any atom is 0.137 e. The van der Waals surface area contributed by atoms with Gasteiger partial charge in [-0.25, -0.2) is 4.98 Å². The predicted octanol–water partition coefficient (Wildman–Crippen LogP) is 2.22. The van der Waals surface area contributed by atoms with Gasteiger partial charge in [-0.15, -0.1) is 0 Å². The average Bonchev–Trinajstić information content (AvgIpc) is 3.03. The summed E-state index contributed by atoms with van der Waals surface area (Å²) in [4.78, 5) is 7.51. The van der Waals surface area contributed by atoms with Crippen LogP contribution in [0.3, 0.4) is 0 Å². The highest BCUT2D eigenvalue weighted by atomic mass is 16.5. The Kier molecular flexibility index (Phi) is 3.30. The third-order valence-electron chi connectivity index (χ3n) is 3.84. The van der Waals surface area contributed by atoms with Crippen LogP contribution in [0.2, 0.25) is 0 Å². The van der Waals surface area contributed by atoms with Crippen molar-refractivity contribution >= 4 is 11.0 Å². The topological polar surface area (TPSA) is 49.9 Å². The van der Waals surface area contributed by atoms with E-state index in [1.54, 1.807) is 7.11 Å². The zero-order valence-corrected chi connectivity index (χ0v) is 10.6. The van der Waals surface area contributed by atoms with E-state index in [4.69, 9.17) is 4.74 Å². The lowest BCUT2D eigenvalue weighted by molar-refractivity contribution is 0.107. The SMILES string of the molecule is COC1CCC(NCc2c[nH]c3ncccc23)C1. The summed E-state index contributed by atoms with van der Waals surface area (Å²) < 4.78 is 5.39. The Labute approximate surface area is 107 Å². The number of nitrogens with zero attached hydrogens (tertiary/aromatic N) is 1. The molecule has 4 nitrogen and oxygen atoms in total. The van der Waals surface area contributed by atoms with Crippen molar-refractivity contribution in [2.75, 3.05) is 7.11 Å². The lowest BCUT2D eigenvalue weighted by Crippen LogP contribution is -2.26. The number of nitrogens with one attached hydrogen (secondary N) is 2. The Morgan fingerprint density at radius 1 is 1.50 bits per heavy atom. The average molecular weight is 245 g/mol. The first-order valence-corrected chi connectivity index (χ1v) is 6.54. The van der Waals surface area contributed by atoms with E-state index < -0.39 is 0 Å². The number of aromatic nitrogens is 2. The molecule has 0 aromatic carbocycles. The number of H-pyrrole nitrogens is 1. The van der Waals surface area contributed by atoms with E-state index >= 15 is 0 Å². The lowest BCUT2D eigenvalue weighted by atomic mass is 10.2. The highest BCUT2D eigenvalue weighted by molar-refractivity contribution is 5.79. The van der Waals surface area contributed by atoms with Gasteiger partial charge in [-0.1, -0.05) is 0 Å². The molecule has 18 heavy (non-hydrogen) atoms. The monoisotopic (exact) mass is 245 g/mol. The molecule has 0 saturated heterocycles. The van der Waals surface area contributed by atoms with Gasteiger partial charge in [0.15, 0.2) is 0 Å². The van der Waals surface area contributed by atoms with Crippen LogP contribution >= 0.6 is 0 Å². The maximum atomic E-state index is 5.39. The zero-order chi connectivity index (χ0) is 12.4. The Balaban J connectivity index is 1.63. The molecule has 2 heterocycles. The largest absolute Gasteiger partial charge is 0.381 e. The van der Waals surface area contributed by atoms with Gasteiger partial charge in [-0.3, -0.25) is 0 Å². The number of aromatic amines is 1. The molecule has 2 atom stereocenters. The van der Waals surface area contributed by atoms with E-state index in [-0.39, 0.29) is 0 Å². The summed E-state index contributed by atoms with van der Waals surface area (Å²) in [5.74, 6) is 0. The molecule has 2 N–H and O–H groups in total. The quantitative estimate of drug-likeness (QED) is 0.868. The van der Waals surface area contributed by atoms with E-state index in [1.165, 1.54) is 23.8 Å². The Morgan fingerprint density at radius 2 is 2.44 bits per heavy atom. The van der Waals surface area contributed by atoms with Gasteiger partial charge in [0.25, 0.3) is 0 Å². The smallest absolute Gasteiger partial charge is 0.137 e. The molecular formula is C14H19N3O. The highest BCUT2D eigenvalue weighted by Gasteiger charge is 2.23. The summed E-state index contributed by atoms with van der Waals surface area (Å²) in [6.45, 7) is 0.896. The van der Waals surface area contributed by atoms with Gasteiger partial charge in [0.05, 0.1) is 6.10 Å². The van der Waals surface area contributed by atoms with Crippen LogP contribution in [-0.4, -0.2) is 29.2 Å². The molecule has 2 aromatic heterocycles. The number of ether oxygens (including phenoxy) is 1. The van der Waals surface area contributed by atoms with Gasteiger partial charge in [0.1, 0.15) is 5.65 Å². The van der Waals surface area contributed by atoms with Crippen LogP contribution in [0.4, 0.5) is 0 Å². The molecule has 0 bridgehead atoms. The summed E-state index contributed by atoms with van der Waals surface area (Å²) in [5.41, 5.74) is 2.26. The van der Waals surface area contributed by atoms with Crippen LogP contribution in [-0.2, 0) is 11.3 Å². The van der Waals surface area contributed by atoms with Gasteiger partial charge in [-0.2, -0.15) is 0 Å². The molecule has 1 fully saturated rings. The zero-order valence-electron chi connectivity index (χ0n) is 10.6. The maximum absolute atomic E-state index is 5.39. The van der Waals surface area contributed by atoms with Crippen molar-refractivity contribution in [3.8, 4) is 0 Å². The van der Waals surface area contributed by atoms with Crippen LogP contribution in [0, 0.1) is 0 Å². The molecule has 0 spiro atoms. The molecule has 2 aromatic rings. The van der Waals surface area contributed by atoms with E-state index in [1.807, 2.05) is 18.5 Å². The van der Waals surface area contributed by atoms with E-state index in [0.29, 0.717) is 12.1 Å². The van der Waals surface area contributed by atoms with Crippen molar-refractivity contribution in [3.63, 3.8) is 0 Å². The number of rotatable bonds is 4. The first-order chi connectivity index (χ1) is 8.86. The molecule has 3 rings (SSSR count). The minimum absolute atomic E-state index is 0.437. The number of pyridine rings is 1. The van der Waals surface area contributed by atoms with Crippen LogP contribution in [0.15, 0.2) is 24.5 Å². The molecule has 1 saturated carbocycles. The normalized spacial score (nSPS) is 23.8. The predicted molar refractivity (Wildman–Crippen MR) is 71.4 cm³/mol. The Morgan fingerprint density at radius 3 is 3.28 bits per heavy atom. The van der Waals surface area contributed by atoms with Crippen molar-refractivity contribution in [2.45, 2.75) is 38.0 Å². The molecule has 1 aliphatic rings. The van der Waals surface area contributed by atoms with Crippen LogP contribution < -0.4 is 5.32 Å². The molecule has 0 radical (unpaired) electrons. The fraction of sp³-hybridized carbons (Fsp3) is 0.500. The second-order valence-electron chi connectivity index (χ2n) is 4.96. The first kappa shape index (κ1) is 11.7. The minimum Gasteiger partial charge on any atom is -0.381 e. The van der Waals surface area contributed by atoms with Gasteiger partial charge in [-0.05, 0) is 37.0 Å². The fourth-order valence-electron chi connectivity index (χ4n) is 2.75. The van der Waals surface area contributed by atoms with Crippen LogP contribution in [0.5, 0.6) is 0 Å². The van der Waals surface area contributed by atoms with E-state index in [2.05, 4.69) is 21.4 Å². The van der Waals surface area contributed by atoms with E-state index in [9.17, 15) is 0 Å². The van der Waals surface area contributed by atoms with Crippen molar-refractivity contribution in [2.24, 2.45) is 0 Å². The van der Waals surface area contributed by atoms with Gasteiger partial charge >= 0.3 is 0 Å². The Hall–Kier alpha value is -1.39. The Bertz CT molecular complexity index is 522. The summed E-state index contributed by atoms with van der Waals surface area (Å²) in [6.07, 6.45) is 7.80. The van der Waals surface area contributed by atoms with Crippen molar-refractivity contribution in [3.05, 3.63) is 30.1 Å². The number of hydrogen-bond acceptors (Lipinski definition) is 3. The standard InChI is InChI=1S/C14H19N3O/c1-18-12-5-4-11(7-12)16-8-10-9-17-14-13(10)3-2-6-15-14/h2-3,6,9,11-12,16H,4-5,7-8H2,1H3,(H,15,17). The molecule has 1 aliphatic carbocycles. The number of methoxy groups -OCH3 is 1. The third-order valence-corrected chi connectivity index (χ3v) is 3.84. The van der Waals surface area contributed by atoms with E-state index in [0.717, 1.165) is 18.6 Å². The molecule has 2 unspecified atom stereocenters. The molecule has 0 amide bonds. The molecule has 4 heteroatoms. The van der Waals surface area contributed by atoms with Crippen molar-refractivity contribution in [1.29, 1.82) is 0 Å². The third kappa shape index (κ3) is 2.26. The summed E-state index contributed by atoms with van der Waals surface area (Å²) in [5, 5.41) is 4.83. The van der Waals surface area contributed by atoms with Crippen molar-refractivity contribution < 1.29 is 4.74 Å². The minimum atomic E-state index is 0.437. The van der Waals surface area contributed by atoms with Gasteiger partial charge in [0, 0.05) is 37.5 Å². The van der Waals surface area contributed by atoms with Crippen molar-refractivity contribution in [1.82, 2.24) is 15.3 Å². The highest BCUT2D eigenvalue weighted by Crippen LogP contribution is 2.22. The number of fused-ring (bicyclic) bond motifs is 1. The van der Waals surface area contributed by atoms with Crippen LogP contribution in [0.25, 0.3) is 11.0 Å². The lowest BCUT2D eigenvalue weighted by Gasteiger charge is -2.12. The van der Waals surface area contributed by atoms with Gasteiger partial charge in [0.2, 0.25) is 0 Å². The second-order valence-corrected chi connectivity index (χ2v) is 4.96. The summed E-state index contributed by atoms with van der Waals surface area (Å²) >= 11 is 0.